The second-order valence-corrected chi connectivity index (χ2v) is 7.23. The van der Waals surface area contributed by atoms with Gasteiger partial charge in [0.1, 0.15) is 17.2 Å². The first kappa shape index (κ1) is 17.8. The topological polar surface area (TPSA) is 58.2 Å². The summed E-state index contributed by atoms with van der Waals surface area (Å²) in [6.07, 6.45) is 3.05. The summed E-state index contributed by atoms with van der Waals surface area (Å²) >= 11 is 0. The highest BCUT2D eigenvalue weighted by atomic mass is 19.1. The van der Waals surface area contributed by atoms with Gasteiger partial charge in [0, 0.05) is 18.0 Å². The molecule has 2 aliphatic rings. The Morgan fingerprint density at radius 2 is 1.96 bits per heavy atom. The smallest absolute Gasteiger partial charge is 0.257 e. The fourth-order valence-electron chi connectivity index (χ4n) is 4.48. The number of hydrogen-bond acceptors (Lipinski definition) is 2. The average Bonchev–Trinajstić information content (AvgIpc) is 2.54. The number of carbonyl (C=O) groups excluding carboxylic acids is 2. The van der Waals surface area contributed by atoms with E-state index in [1.54, 1.807) is 0 Å². The number of hydrogen-bond donors (Lipinski definition) is 2. The number of fused-ring (bicyclic) bond motifs is 1. The largest absolute Gasteiger partial charge is 0.353 e. The maximum atomic E-state index is 13.8. The molecular weight excluding hydrogens is 326 g/mol. The minimum absolute atomic E-state index is 0.00909. The Balaban J connectivity index is 1.67. The van der Waals surface area contributed by atoms with Crippen LogP contribution < -0.4 is 10.6 Å². The second-order valence-electron chi connectivity index (χ2n) is 7.23. The van der Waals surface area contributed by atoms with E-state index in [2.05, 4.69) is 17.6 Å². The van der Waals surface area contributed by atoms with Crippen LogP contribution in [0.4, 0.5) is 8.78 Å². The van der Waals surface area contributed by atoms with Crippen molar-refractivity contribution in [3.8, 4) is 0 Å². The van der Waals surface area contributed by atoms with Gasteiger partial charge in [-0.25, -0.2) is 8.78 Å². The SMILES string of the molecule is CCC1C(=O)NC2CC(NC(=O)c3c(F)cccc3F)CCC2C1C. The first-order valence-electron chi connectivity index (χ1n) is 8.97. The minimum Gasteiger partial charge on any atom is -0.353 e. The summed E-state index contributed by atoms with van der Waals surface area (Å²) < 4.78 is 27.5. The molecule has 5 unspecified atom stereocenters. The highest BCUT2D eigenvalue weighted by molar-refractivity contribution is 5.95. The Morgan fingerprint density at radius 3 is 2.60 bits per heavy atom. The van der Waals surface area contributed by atoms with Crippen molar-refractivity contribution in [1.82, 2.24) is 10.6 Å². The first-order valence-corrected chi connectivity index (χ1v) is 8.97. The highest BCUT2D eigenvalue weighted by Crippen LogP contribution is 2.39. The second kappa shape index (κ2) is 7.10. The Bertz CT molecular complexity index is 659. The molecule has 2 N–H and O–H groups in total. The summed E-state index contributed by atoms with van der Waals surface area (Å²) in [5.74, 6) is -1.65. The molecule has 1 aromatic rings. The Kier molecular flexibility index (Phi) is 5.06. The molecule has 1 aromatic carbocycles. The van der Waals surface area contributed by atoms with E-state index in [1.807, 2.05) is 6.92 Å². The number of amides is 2. The first-order chi connectivity index (χ1) is 11.9. The summed E-state index contributed by atoms with van der Waals surface area (Å²) in [5.41, 5.74) is -0.545. The zero-order chi connectivity index (χ0) is 18.1. The molecule has 25 heavy (non-hydrogen) atoms. The molecule has 136 valence electrons. The predicted octanol–water partition coefficient (Wildman–Crippen LogP) is 3.02. The molecule has 3 rings (SSSR count). The van der Waals surface area contributed by atoms with Crippen LogP contribution in [0.5, 0.6) is 0 Å². The van der Waals surface area contributed by atoms with Crippen molar-refractivity contribution in [3.05, 3.63) is 35.4 Å². The minimum atomic E-state index is -0.864. The summed E-state index contributed by atoms with van der Waals surface area (Å²) in [5, 5.41) is 5.81. The molecule has 2 fully saturated rings. The van der Waals surface area contributed by atoms with Crippen molar-refractivity contribution < 1.29 is 18.4 Å². The summed E-state index contributed by atoms with van der Waals surface area (Å²) in [6.45, 7) is 4.15. The van der Waals surface area contributed by atoms with Gasteiger partial charge in [0.2, 0.25) is 5.91 Å². The molecule has 5 atom stereocenters. The number of carbonyl (C=O) groups is 2. The van der Waals surface area contributed by atoms with Gasteiger partial charge in [-0.15, -0.1) is 0 Å². The van der Waals surface area contributed by atoms with E-state index in [0.29, 0.717) is 18.3 Å². The van der Waals surface area contributed by atoms with Crippen LogP contribution in [-0.4, -0.2) is 23.9 Å². The molecule has 0 radical (unpaired) electrons. The van der Waals surface area contributed by atoms with E-state index in [1.165, 1.54) is 6.07 Å². The number of benzene rings is 1. The van der Waals surface area contributed by atoms with Gasteiger partial charge in [0.15, 0.2) is 0 Å². The van der Waals surface area contributed by atoms with Crippen LogP contribution in [0.2, 0.25) is 0 Å². The molecule has 1 aliphatic heterocycles. The van der Waals surface area contributed by atoms with Crippen molar-refractivity contribution >= 4 is 11.8 Å². The van der Waals surface area contributed by atoms with Gasteiger partial charge in [0.05, 0.1) is 0 Å². The van der Waals surface area contributed by atoms with Gasteiger partial charge in [-0.2, -0.15) is 0 Å². The molecule has 1 saturated heterocycles. The molecule has 1 heterocycles. The zero-order valence-electron chi connectivity index (χ0n) is 14.5. The lowest BCUT2D eigenvalue weighted by Gasteiger charge is -2.46. The van der Waals surface area contributed by atoms with E-state index < -0.39 is 23.1 Å². The highest BCUT2D eigenvalue weighted by Gasteiger charge is 2.43. The quantitative estimate of drug-likeness (QED) is 0.880. The normalized spacial score (nSPS) is 31.8. The number of piperidine rings is 1. The van der Waals surface area contributed by atoms with Gasteiger partial charge in [-0.05, 0) is 49.7 Å². The zero-order valence-corrected chi connectivity index (χ0v) is 14.5. The van der Waals surface area contributed by atoms with Crippen molar-refractivity contribution in [2.75, 3.05) is 0 Å². The fraction of sp³-hybridized carbons (Fsp3) is 0.579. The molecule has 1 aliphatic carbocycles. The molecular formula is C19H24F2N2O2. The maximum Gasteiger partial charge on any atom is 0.257 e. The third-order valence-electron chi connectivity index (χ3n) is 5.84. The van der Waals surface area contributed by atoms with E-state index in [9.17, 15) is 18.4 Å². The maximum absolute atomic E-state index is 13.8. The van der Waals surface area contributed by atoms with E-state index in [-0.39, 0.29) is 23.9 Å². The van der Waals surface area contributed by atoms with E-state index >= 15 is 0 Å². The van der Waals surface area contributed by atoms with E-state index in [0.717, 1.165) is 31.4 Å². The van der Waals surface area contributed by atoms with Crippen LogP contribution in [0.25, 0.3) is 0 Å². The summed E-state index contributed by atoms with van der Waals surface area (Å²) in [6, 6.07) is 3.19. The van der Waals surface area contributed by atoms with Crippen LogP contribution >= 0.6 is 0 Å². The standard InChI is InChI=1S/C19H24F2N2O2/c1-3-12-10(2)13-8-7-11(9-16(13)23-18(12)24)22-19(25)17-14(20)5-4-6-15(17)21/h4-6,10-13,16H,3,7-9H2,1-2H3,(H,22,25)(H,23,24). The van der Waals surface area contributed by atoms with Crippen LogP contribution in [0.3, 0.4) is 0 Å². The third kappa shape index (κ3) is 3.39. The Hall–Kier alpha value is -1.98. The Labute approximate surface area is 146 Å². The molecule has 2 amide bonds. The van der Waals surface area contributed by atoms with Crippen molar-refractivity contribution in [2.45, 2.75) is 51.6 Å². The van der Waals surface area contributed by atoms with Gasteiger partial charge >= 0.3 is 0 Å². The van der Waals surface area contributed by atoms with Crippen molar-refractivity contribution in [2.24, 2.45) is 17.8 Å². The molecule has 0 spiro atoms. The monoisotopic (exact) mass is 350 g/mol. The molecule has 0 bridgehead atoms. The molecule has 0 aromatic heterocycles. The van der Waals surface area contributed by atoms with Crippen molar-refractivity contribution in [3.63, 3.8) is 0 Å². The van der Waals surface area contributed by atoms with Crippen LogP contribution in [0.15, 0.2) is 18.2 Å². The van der Waals surface area contributed by atoms with Gasteiger partial charge in [-0.3, -0.25) is 9.59 Å². The van der Waals surface area contributed by atoms with Gasteiger partial charge < -0.3 is 10.6 Å². The average molecular weight is 350 g/mol. The lowest BCUT2D eigenvalue weighted by Crippen LogP contribution is -2.58. The van der Waals surface area contributed by atoms with Crippen LogP contribution in [0, 0.1) is 29.4 Å². The van der Waals surface area contributed by atoms with Gasteiger partial charge in [0.25, 0.3) is 5.91 Å². The fourth-order valence-corrected chi connectivity index (χ4v) is 4.48. The lowest BCUT2D eigenvalue weighted by atomic mass is 9.67. The Morgan fingerprint density at radius 1 is 1.28 bits per heavy atom. The number of nitrogens with one attached hydrogen (secondary N) is 2. The third-order valence-corrected chi connectivity index (χ3v) is 5.84. The number of halogens is 2. The summed E-state index contributed by atoms with van der Waals surface area (Å²) in [4.78, 5) is 24.5. The van der Waals surface area contributed by atoms with Gasteiger partial charge in [-0.1, -0.05) is 19.9 Å². The van der Waals surface area contributed by atoms with Crippen LogP contribution in [0.1, 0.15) is 49.9 Å². The molecule has 6 heteroatoms. The molecule has 4 nitrogen and oxygen atoms in total. The van der Waals surface area contributed by atoms with Crippen LogP contribution in [-0.2, 0) is 4.79 Å². The predicted molar refractivity (Wildman–Crippen MR) is 89.8 cm³/mol. The van der Waals surface area contributed by atoms with Crippen molar-refractivity contribution in [1.29, 1.82) is 0 Å². The summed E-state index contributed by atoms with van der Waals surface area (Å²) in [7, 11) is 0. The number of rotatable bonds is 3. The lowest BCUT2D eigenvalue weighted by molar-refractivity contribution is -0.133. The molecule has 1 saturated carbocycles. The van der Waals surface area contributed by atoms with E-state index in [4.69, 9.17) is 0 Å².